The number of hydrogen-bond donors (Lipinski definition) is 1. The van der Waals surface area contributed by atoms with Gasteiger partial charge in [0.15, 0.2) is 0 Å². The summed E-state index contributed by atoms with van der Waals surface area (Å²) in [4.78, 5) is 2.63. The second-order valence-electron chi connectivity index (χ2n) is 4.99. The van der Waals surface area contributed by atoms with Crippen molar-refractivity contribution in [1.82, 2.24) is 4.90 Å². The van der Waals surface area contributed by atoms with Gasteiger partial charge in [-0.15, -0.1) is 0 Å². The van der Waals surface area contributed by atoms with E-state index >= 15 is 0 Å². The van der Waals surface area contributed by atoms with Gasteiger partial charge in [0, 0.05) is 18.6 Å². The maximum Gasteiger partial charge on any atom is 0.0244 e. The van der Waals surface area contributed by atoms with E-state index in [1.807, 2.05) is 0 Å². The average Bonchev–Trinajstić information content (AvgIpc) is 2.68. The van der Waals surface area contributed by atoms with Gasteiger partial charge < -0.3 is 5.73 Å². The summed E-state index contributed by atoms with van der Waals surface area (Å²) in [6.45, 7) is 9.37. The lowest BCUT2D eigenvalue weighted by Crippen LogP contribution is -2.46. The second kappa shape index (κ2) is 6.49. The predicted molar refractivity (Wildman–Crippen MR) is 66.9 cm³/mol. The number of likely N-dealkylation sites (tertiary alicyclic amines) is 1. The average molecular weight is 212 g/mol. The van der Waals surface area contributed by atoms with Crippen LogP contribution < -0.4 is 5.73 Å². The molecule has 2 nitrogen and oxygen atoms in total. The first-order chi connectivity index (χ1) is 7.22. The maximum absolute atomic E-state index is 6.26. The normalized spacial score (nSPS) is 26.8. The van der Waals surface area contributed by atoms with Crippen molar-refractivity contribution in [3.63, 3.8) is 0 Å². The molecular weight excluding hydrogens is 184 g/mol. The van der Waals surface area contributed by atoms with E-state index in [2.05, 4.69) is 25.7 Å². The molecule has 0 aliphatic carbocycles. The lowest BCUT2D eigenvalue weighted by atomic mass is 10.0. The van der Waals surface area contributed by atoms with E-state index < -0.39 is 0 Å². The fourth-order valence-corrected chi connectivity index (χ4v) is 2.85. The molecule has 15 heavy (non-hydrogen) atoms. The van der Waals surface area contributed by atoms with Gasteiger partial charge in [0.2, 0.25) is 0 Å². The third-order valence-corrected chi connectivity index (χ3v) is 3.90. The van der Waals surface area contributed by atoms with Crippen molar-refractivity contribution in [2.45, 2.75) is 65.0 Å². The minimum atomic E-state index is 0.385. The SMILES string of the molecule is CCCC(N)C(CC)N1CCC(CC)C1. The summed E-state index contributed by atoms with van der Waals surface area (Å²) in [6, 6.07) is 1.01. The highest BCUT2D eigenvalue weighted by Crippen LogP contribution is 2.24. The molecule has 90 valence electrons. The molecule has 0 bridgehead atoms. The molecule has 1 aliphatic rings. The third kappa shape index (κ3) is 3.46. The Labute approximate surface area is 95.2 Å². The van der Waals surface area contributed by atoms with E-state index in [-0.39, 0.29) is 0 Å². The van der Waals surface area contributed by atoms with E-state index in [0.717, 1.165) is 5.92 Å². The molecule has 0 aromatic heterocycles. The van der Waals surface area contributed by atoms with Gasteiger partial charge in [-0.2, -0.15) is 0 Å². The van der Waals surface area contributed by atoms with Gasteiger partial charge in [-0.1, -0.05) is 33.6 Å². The molecule has 1 fully saturated rings. The lowest BCUT2D eigenvalue weighted by molar-refractivity contribution is 0.191. The van der Waals surface area contributed by atoms with Crippen LogP contribution in [0.4, 0.5) is 0 Å². The number of nitrogens with two attached hydrogens (primary N) is 1. The zero-order valence-corrected chi connectivity index (χ0v) is 10.7. The Bertz CT molecular complexity index is 170. The first kappa shape index (κ1) is 13.0. The molecule has 0 aromatic carbocycles. The van der Waals surface area contributed by atoms with Crippen molar-refractivity contribution < 1.29 is 0 Å². The fraction of sp³-hybridized carbons (Fsp3) is 1.00. The smallest absolute Gasteiger partial charge is 0.0244 e. The fourth-order valence-electron chi connectivity index (χ4n) is 2.85. The summed E-state index contributed by atoms with van der Waals surface area (Å²) in [5, 5.41) is 0. The maximum atomic E-state index is 6.26. The predicted octanol–water partition coefficient (Wildman–Crippen LogP) is 2.62. The summed E-state index contributed by atoms with van der Waals surface area (Å²) in [6.07, 6.45) is 6.30. The Kier molecular flexibility index (Phi) is 5.62. The Morgan fingerprint density at radius 3 is 2.53 bits per heavy atom. The molecule has 0 amide bonds. The van der Waals surface area contributed by atoms with Crippen LogP contribution in [0.2, 0.25) is 0 Å². The molecule has 2 N–H and O–H groups in total. The van der Waals surface area contributed by atoms with Gasteiger partial charge in [-0.25, -0.2) is 0 Å². The highest BCUT2D eigenvalue weighted by atomic mass is 15.2. The van der Waals surface area contributed by atoms with Crippen LogP contribution in [0.3, 0.4) is 0 Å². The molecule has 1 saturated heterocycles. The van der Waals surface area contributed by atoms with Crippen LogP contribution in [-0.2, 0) is 0 Å². The lowest BCUT2D eigenvalue weighted by Gasteiger charge is -2.31. The van der Waals surface area contributed by atoms with E-state index in [1.165, 1.54) is 45.2 Å². The van der Waals surface area contributed by atoms with Crippen molar-refractivity contribution in [3.05, 3.63) is 0 Å². The minimum absolute atomic E-state index is 0.385. The molecule has 2 heteroatoms. The Balaban J connectivity index is 2.44. The van der Waals surface area contributed by atoms with Crippen molar-refractivity contribution in [2.75, 3.05) is 13.1 Å². The van der Waals surface area contributed by atoms with Gasteiger partial charge >= 0.3 is 0 Å². The van der Waals surface area contributed by atoms with Crippen LogP contribution in [0.25, 0.3) is 0 Å². The van der Waals surface area contributed by atoms with Crippen molar-refractivity contribution in [1.29, 1.82) is 0 Å². The van der Waals surface area contributed by atoms with Gasteiger partial charge in [-0.3, -0.25) is 4.90 Å². The van der Waals surface area contributed by atoms with Crippen LogP contribution in [0.15, 0.2) is 0 Å². The molecular formula is C13H28N2. The molecule has 0 saturated carbocycles. The monoisotopic (exact) mass is 212 g/mol. The summed E-state index contributed by atoms with van der Waals surface area (Å²) < 4.78 is 0. The molecule has 0 radical (unpaired) electrons. The highest BCUT2D eigenvalue weighted by molar-refractivity contribution is 4.86. The van der Waals surface area contributed by atoms with Crippen molar-refractivity contribution in [3.8, 4) is 0 Å². The topological polar surface area (TPSA) is 29.3 Å². The number of hydrogen-bond acceptors (Lipinski definition) is 2. The molecule has 1 aliphatic heterocycles. The molecule has 1 heterocycles. The van der Waals surface area contributed by atoms with Crippen LogP contribution in [0, 0.1) is 5.92 Å². The first-order valence-electron chi connectivity index (χ1n) is 6.72. The van der Waals surface area contributed by atoms with Gasteiger partial charge in [0.25, 0.3) is 0 Å². The van der Waals surface area contributed by atoms with Crippen LogP contribution >= 0.6 is 0 Å². The van der Waals surface area contributed by atoms with E-state index in [0.29, 0.717) is 12.1 Å². The van der Waals surface area contributed by atoms with E-state index in [1.54, 1.807) is 0 Å². The zero-order valence-electron chi connectivity index (χ0n) is 10.7. The minimum Gasteiger partial charge on any atom is -0.326 e. The third-order valence-electron chi connectivity index (χ3n) is 3.90. The van der Waals surface area contributed by atoms with Crippen LogP contribution in [0.1, 0.15) is 52.9 Å². The van der Waals surface area contributed by atoms with E-state index in [9.17, 15) is 0 Å². The summed E-state index contributed by atoms with van der Waals surface area (Å²) >= 11 is 0. The van der Waals surface area contributed by atoms with Gasteiger partial charge in [0.1, 0.15) is 0 Å². The Hall–Kier alpha value is -0.0800. The van der Waals surface area contributed by atoms with Gasteiger partial charge in [-0.05, 0) is 31.7 Å². The highest BCUT2D eigenvalue weighted by Gasteiger charge is 2.29. The molecule has 0 spiro atoms. The van der Waals surface area contributed by atoms with Crippen LogP contribution in [-0.4, -0.2) is 30.1 Å². The Morgan fingerprint density at radius 1 is 1.33 bits per heavy atom. The van der Waals surface area contributed by atoms with Crippen molar-refractivity contribution >= 4 is 0 Å². The molecule has 0 aromatic rings. The summed E-state index contributed by atoms with van der Waals surface area (Å²) in [5.41, 5.74) is 6.26. The quantitative estimate of drug-likeness (QED) is 0.733. The summed E-state index contributed by atoms with van der Waals surface area (Å²) in [5.74, 6) is 0.924. The first-order valence-corrected chi connectivity index (χ1v) is 6.72. The molecule has 3 unspecified atom stereocenters. The van der Waals surface area contributed by atoms with E-state index in [4.69, 9.17) is 5.73 Å². The second-order valence-corrected chi connectivity index (χ2v) is 4.99. The van der Waals surface area contributed by atoms with Crippen molar-refractivity contribution in [2.24, 2.45) is 11.7 Å². The zero-order chi connectivity index (χ0) is 11.3. The molecule has 3 atom stereocenters. The van der Waals surface area contributed by atoms with Crippen LogP contribution in [0.5, 0.6) is 0 Å². The number of rotatable bonds is 6. The Morgan fingerprint density at radius 2 is 2.07 bits per heavy atom. The van der Waals surface area contributed by atoms with Gasteiger partial charge in [0.05, 0.1) is 0 Å². The largest absolute Gasteiger partial charge is 0.326 e. The molecule has 1 rings (SSSR count). The number of nitrogens with zero attached hydrogens (tertiary/aromatic N) is 1. The summed E-state index contributed by atoms with van der Waals surface area (Å²) in [7, 11) is 0. The standard InChI is InChI=1S/C13H28N2/c1-4-7-12(14)13(6-3)15-9-8-11(5-2)10-15/h11-13H,4-10,14H2,1-3H3.